The lowest BCUT2D eigenvalue weighted by molar-refractivity contribution is -0.117. The predicted molar refractivity (Wildman–Crippen MR) is 157 cm³/mol. The van der Waals surface area contributed by atoms with Crippen LogP contribution in [0.3, 0.4) is 0 Å². The van der Waals surface area contributed by atoms with Gasteiger partial charge in [0.2, 0.25) is 10.9 Å². The Bertz CT molecular complexity index is 1660. The molecule has 42 heavy (non-hydrogen) atoms. The topological polar surface area (TPSA) is 115 Å². The summed E-state index contributed by atoms with van der Waals surface area (Å²) >= 11 is 2.50. The van der Waals surface area contributed by atoms with Crippen LogP contribution in [0, 0.1) is 12.7 Å². The van der Waals surface area contributed by atoms with Gasteiger partial charge in [-0.15, -0.1) is 10.2 Å². The molecule has 5 rings (SSSR count). The number of carbonyl (C=O) groups excluding carboxylic acids is 2. The third-order valence-electron chi connectivity index (χ3n) is 6.23. The number of aromatic nitrogens is 2. The lowest BCUT2D eigenvalue weighted by Gasteiger charge is -2.24. The average Bonchev–Trinajstić information content (AvgIpc) is 3.70. The molecule has 1 aliphatic heterocycles. The normalized spacial score (nSPS) is 14.9. The van der Waals surface area contributed by atoms with Crippen LogP contribution in [-0.2, 0) is 10.5 Å². The molecule has 0 fully saturated rings. The number of nitrogens with zero attached hydrogens (tertiary/aromatic N) is 3. The number of Topliss-reactive ketones (excluding diaryl/α,β-unsaturated/α-hetero) is 1. The van der Waals surface area contributed by atoms with Gasteiger partial charge in [0.05, 0.1) is 18.2 Å². The summed E-state index contributed by atoms with van der Waals surface area (Å²) < 4.78 is 30.9. The molecule has 12 heteroatoms. The highest BCUT2D eigenvalue weighted by Gasteiger charge is 2.47. The number of ether oxygens (including phenoxy) is 2. The second-order valence-corrected chi connectivity index (χ2v) is 11.3. The molecular formula is C30H26FN3O6S2. The van der Waals surface area contributed by atoms with E-state index in [4.69, 9.17) is 13.9 Å². The maximum atomic E-state index is 13.7. The molecule has 0 saturated heterocycles. The van der Waals surface area contributed by atoms with Crippen molar-refractivity contribution in [2.75, 3.05) is 18.1 Å². The third-order valence-corrected chi connectivity index (χ3v) is 8.36. The molecule has 0 spiro atoms. The lowest BCUT2D eigenvalue weighted by Crippen LogP contribution is -2.31. The van der Waals surface area contributed by atoms with Crippen LogP contribution >= 0.6 is 23.1 Å². The first-order valence-electron chi connectivity index (χ1n) is 12.9. The van der Waals surface area contributed by atoms with Crippen LogP contribution in [0.2, 0.25) is 0 Å². The first-order valence-corrected chi connectivity index (χ1v) is 14.7. The van der Waals surface area contributed by atoms with Crippen molar-refractivity contribution in [2.45, 2.75) is 30.0 Å². The number of furan rings is 1. The third kappa shape index (κ3) is 5.95. The van der Waals surface area contributed by atoms with Crippen LogP contribution < -0.4 is 14.4 Å². The summed E-state index contributed by atoms with van der Waals surface area (Å²) in [5.41, 5.74) is 1.20. The van der Waals surface area contributed by atoms with E-state index < -0.39 is 23.5 Å². The zero-order chi connectivity index (χ0) is 29.8. The van der Waals surface area contributed by atoms with Crippen LogP contribution in [0.5, 0.6) is 11.5 Å². The minimum atomic E-state index is -1.06. The van der Waals surface area contributed by atoms with E-state index in [1.54, 1.807) is 49.4 Å². The van der Waals surface area contributed by atoms with Crippen LogP contribution in [0.25, 0.3) is 0 Å². The van der Waals surface area contributed by atoms with E-state index in [0.717, 1.165) is 16.9 Å². The van der Waals surface area contributed by atoms with Crippen LogP contribution in [0.4, 0.5) is 9.52 Å². The molecule has 0 saturated carbocycles. The zero-order valence-electron chi connectivity index (χ0n) is 22.7. The summed E-state index contributed by atoms with van der Waals surface area (Å²) in [6.07, 6.45) is 1.60. The van der Waals surface area contributed by atoms with Crippen LogP contribution in [0.15, 0.2) is 87.3 Å². The Hall–Kier alpha value is -4.42. The van der Waals surface area contributed by atoms with Gasteiger partial charge >= 0.3 is 0 Å². The van der Waals surface area contributed by atoms with Gasteiger partial charge in [0.1, 0.15) is 18.2 Å². The monoisotopic (exact) mass is 607 g/mol. The largest absolute Gasteiger partial charge is 0.503 e. The molecule has 3 heterocycles. The maximum Gasteiger partial charge on any atom is 0.296 e. The predicted octanol–water partition coefficient (Wildman–Crippen LogP) is 6.62. The van der Waals surface area contributed by atoms with Gasteiger partial charge in [-0.25, -0.2) is 4.39 Å². The molecule has 1 N–H and O–H groups in total. The first kappa shape index (κ1) is 29.1. The fourth-order valence-electron chi connectivity index (χ4n) is 4.35. The van der Waals surface area contributed by atoms with Gasteiger partial charge in [-0.05, 0) is 61.4 Å². The number of ketones is 1. The highest BCUT2D eigenvalue weighted by Crippen LogP contribution is 2.45. The minimum Gasteiger partial charge on any atom is -0.503 e. The number of carbonyl (C=O) groups is 2. The van der Waals surface area contributed by atoms with Crippen LogP contribution in [0.1, 0.15) is 40.4 Å². The summed E-state index contributed by atoms with van der Waals surface area (Å²) in [5, 5.41) is 19.7. The molecule has 2 aromatic heterocycles. The van der Waals surface area contributed by atoms with Crippen molar-refractivity contribution >= 4 is 39.9 Å². The standard InChI is InChI=1S/C30H26FN3O6S2/c1-4-14-39-21-13-9-19(15-23(21)38-5-2)25-24(26(35)22-12-6-17(3)40-22)27(36)28(37)34(25)29-32-33-30(42-29)41-16-18-7-10-20(31)11-8-18/h4,6-13,15,25,36H,1,5,14,16H2,2-3H3. The summed E-state index contributed by atoms with van der Waals surface area (Å²) in [6, 6.07) is 13.2. The van der Waals surface area contributed by atoms with E-state index in [1.807, 2.05) is 6.92 Å². The highest BCUT2D eigenvalue weighted by molar-refractivity contribution is 8.00. The number of aliphatic hydroxyl groups is 1. The number of anilines is 1. The van der Waals surface area contributed by atoms with Gasteiger partial charge in [-0.2, -0.15) is 0 Å². The minimum absolute atomic E-state index is 0.0162. The van der Waals surface area contributed by atoms with Crippen LogP contribution in [-0.4, -0.2) is 40.2 Å². The first-order chi connectivity index (χ1) is 20.3. The quantitative estimate of drug-likeness (QED) is 0.0821. The van der Waals surface area contributed by atoms with Gasteiger partial charge in [0, 0.05) is 5.75 Å². The number of amides is 1. The lowest BCUT2D eigenvalue weighted by atomic mass is 9.95. The van der Waals surface area contributed by atoms with Gasteiger partial charge < -0.3 is 19.0 Å². The fourth-order valence-corrected chi connectivity index (χ4v) is 6.18. The van der Waals surface area contributed by atoms with Crippen molar-refractivity contribution in [2.24, 2.45) is 0 Å². The number of aryl methyl sites for hydroxylation is 1. The number of hydrogen-bond acceptors (Lipinski definition) is 10. The van der Waals surface area contributed by atoms with E-state index in [1.165, 1.54) is 34.9 Å². The number of halogens is 1. The summed E-state index contributed by atoms with van der Waals surface area (Å²) in [5.74, 6) is -0.636. The highest BCUT2D eigenvalue weighted by atomic mass is 32.2. The Morgan fingerprint density at radius 2 is 1.95 bits per heavy atom. The maximum absolute atomic E-state index is 13.7. The second kappa shape index (κ2) is 12.6. The fraction of sp³-hybridized carbons (Fsp3) is 0.200. The molecule has 1 amide bonds. The van der Waals surface area contributed by atoms with Gasteiger partial charge in [-0.3, -0.25) is 14.5 Å². The Kier molecular flexibility index (Phi) is 8.74. The Morgan fingerprint density at radius 1 is 1.17 bits per heavy atom. The molecule has 1 unspecified atom stereocenters. The number of thioether (sulfide) groups is 1. The summed E-state index contributed by atoms with van der Waals surface area (Å²) in [6.45, 7) is 7.77. The number of hydrogen-bond donors (Lipinski definition) is 1. The average molecular weight is 608 g/mol. The molecule has 0 bridgehead atoms. The number of benzene rings is 2. The Labute approximate surface area is 249 Å². The van der Waals surface area contributed by atoms with Gasteiger partial charge in [0.15, 0.2) is 27.4 Å². The van der Waals surface area contributed by atoms with Crippen molar-refractivity contribution < 1.29 is 33.0 Å². The van der Waals surface area contributed by atoms with Gasteiger partial charge in [-0.1, -0.05) is 54.0 Å². The van der Waals surface area contributed by atoms with Gasteiger partial charge in [0.25, 0.3) is 5.91 Å². The van der Waals surface area contributed by atoms with E-state index >= 15 is 0 Å². The Balaban J connectivity index is 1.53. The van der Waals surface area contributed by atoms with E-state index in [9.17, 15) is 19.1 Å². The summed E-state index contributed by atoms with van der Waals surface area (Å²) in [7, 11) is 0. The molecule has 1 aliphatic rings. The van der Waals surface area contributed by atoms with E-state index in [2.05, 4.69) is 16.8 Å². The zero-order valence-corrected chi connectivity index (χ0v) is 24.3. The van der Waals surface area contributed by atoms with Crippen molar-refractivity contribution in [3.63, 3.8) is 0 Å². The number of aliphatic hydroxyl groups excluding tert-OH is 1. The van der Waals surface area contributed by atoms with Crippen molar-refractivity contribution in [1.82, 2.24) is 10.2 Å². The SMILES string of the molecule is C=CCOc1ccc(C2C(C(=O)c3ccc(C)o3)=C(O)C(=O)N2c2nnc(SCc3ccc(F)cc3)s2)cc1OCC. The molecule has 4 aromatic rings. The Morgan fingerprint density at radius 3 is 2.64 bits per heavy atom. The summed E-state index contributed by atoms with van der Waals surface area (Å²) in [4.78, 5) is 28.5. The molecular weight excluding hydrogens is 581 g/mol. The molecule has 0 radical (unpaired) electrons. The van der Waals surface area contributed by atoms with Crippen molar-refractivity contribution in [3.8, 4) is 11.5 Å². The molecule has 9 nitrogen and oxygen atoms in total. The smallest absolute Gasteiger partial charge is 0.296 e. The number of rotatable bonds is 12. The van der Waals surface area contributed by atoms with Crippen molar-refractivity contribution in [3.05, 3.63) is 107 Å². The second-order valence-electron chi connectivity index (χ2n) is 9.08. The van der Waals surface area contributed by atoms with E-state index in [0.29, 0.717) is 39.5 Å². The molecule has 0 aliphatic carbocycles. The molecule has 1 atom stereocenters. The molecule has 2 aromatic carbocycles. The van der Waals surface area contributed by atoms with E-state index in [-0.39, 0.29) is 28.9 Å². The molecule has 216 valence electrons. The van der Waals surface area contributed by atoms with Crippen molar-refractivity contribution in [1.29, 1.82) is 0 Å².